The van der Waals surface area contributed by atoms with Crippen LogP contribution in [-0.2, 0) is 0 Å². The standard InChI is InChI=1S/C16H20N2O3/c1-2-21-11-3-4-13-12(9-11)14(15(18-13)16(19)20)10-5-7-17-8-6-10/h3-4,9-10,17-18H,2,5-8H2,1H3,(H,19,20). The molecule has 5 heteroatoms. The highest BCUT2D eigenvalue weighted by molar-refractivity contribution is 5.98. The summed E-state index contributed by atoms with van der Waals surface area (Å²) in [6.07, 6.45) is 1.93. The van der Waals surface area contributed by atoms with Crippen LogP contribution < -0.4 is 10.1 Å². The van der Waals surface area contributed by atoms with Gasteiger partial charge in [-0.1, -0.05) is 0 Å². The summed E-state index contributed by atoms with van der Waals surface area (Å²) in [6.45, 7) is 4.41. The van der Waals surface area contributed by atoms with Crippen molar-refractivity contribution in [1.82, 2.24) is 10.3 Å². The molecule has 2 aromatic rings. The van der Waals surface area contributed by atoms with Crippen molar-refractivity contribution in [2.45, 2.75) is 25.7 Å². The number of carboxylic acid groups (broad SMARTS) is 1. The fourth-order valence-electron chi connectivity index (χ4n) is 3.15. The monoisotopic (exact) mass is 288 g/mol. The molecule has 0 amide bonds. The van der Waals surface area contributed by atoms with Crippen molar-refractivity contribution < 1.29 is 14.6 Å². The predicted molar refractivity (Wildman–Crippen MR) is 81.3 cm³/mol. The molecule has 1 aliphatic heterocycles. The fraction of sp³-hybridized carbons (Fsp3) is 0.438. The van der Waals surface area contributed by atoms with Crippen molar-refractivity contribution in [1.29, 1.82) is 0 Å². The Labute approximate surface area is 123 Å². The first kappa shape index (κ1) is 13.9. The summed E-state index contributed by atoms with van der Waals surface area (Å²) in [4.78, 5) is 14.6. The van der Waals surface area contributed by atoms with E-state index in [2.05, 4.69) is 10.3 Å². The largest absolute Gasteiger partial charge is 0.494 e. The number of rotatable bonds is 4. The van der Waals surface area contributed by atoms with Gasteiger partial charge in [-0.3, -0.25) is 0 Å². The average Bonchev–Trinajstić information content (AvgIpc) is 2.87. The number of benzene rings is 1. The van der Waals surface area contributed by atoms with E-state index in [-0.39, 0.29) is 5.92 Å². The van der Waals surface area contributed by atoms with Crippen molar-refractivity contribution >= 4 is 16.9 Å². The summed E-state index contributed by atoms with van der Waals surface area (Å²) in [5, 5.41) is 13.8. The van der Waals surface area contributed by atoms with Crippen LogP contribution in [-0.4, -0.2) is 35.8 Å². The molecule has 0 radical (unpaired) electrons. The number of fused-ring (bicyclic) bond motifs is 1. The summed E-state index contributed by atoms with van der Waals surface area (Å²) >= 11 is 0. The maximum Gasteiger partial charge on any atom is 0.352 e. The van der Waals surface area contributed by atoms with Gasteiger partial charge in [0, 0.05) is 10.9 Å². The van der Waals surface area contributed by atoms with E-state index < -0.39 is 5.97 Å². The van der Waals surface area contributed by atoms with Gasteiger partial charge in [-0.15, -0.1) is 0 Å². The van der Waals surface area contributed by atoms with Gasteiger partial charge in [-0.25, -0.2) is 4.79 Å². The van der Waals surface area contributed by atoms with E-state index in [1.807, 2.05) is 25.1 Å². The highest BCUT2D eigenvalue weighted by atomic mass is 16.5. The molecule has 0 saturated carbocycles. The highest BCUT2D eigenvalue weighted by Gasteiger charge is 2.25. The lowest BCUT2D eigenvalue weighted by atomic mass is 9.88. The van der Waals surface area contributed by atoms with Crippen molar-refractivity contribution in [2.75, 3.05) is 19.7 Å². The Hall–Kier alpha value is -2.01. The van der Waals surface area contributed by atoms with Crippen LogP contribution in [0, 0.1) is 0 Å². The van der Waals surface area contributed by atoms with Crippen LogP contribution in [0.1, 0.15) is 41.7 Å². The van der Waals surface area contributed by atoms with Gasteiger partial charge in [0.2, 0.25) is 0 Å². The van der Waals surface area contributed by atoms with Crippen molar-refractivity contribution in [3.63, 3.8) is 0 Å². The number of hydrogen-bond donors (Lipinski definition) is 3. The molecule has 5 nitrogen and oxygen atoms in total. The van der Waals surface area contributed by atoms with Gasteiger partial charge in [0.15, 0.2) is 0 Å². The fourth-order valence-corrected chi connectivity index (χ4v) is 3.15. The van der Waals surface area contributed by atoms with Gasteiger partial charge >= 0.3 is 5.97 Å². The molecule has 2 heterocycles. The Balaban J connectivity index is 2.13. The third-order valence-electron chi connectivity index (χ3n) is 4.08. The molecule has 112 valence electrons. The van der Waals surface area contributed by atoms with Crippen LogP contribution in [0.2, 0.25) is 0 Å². The molecular weight excluding hydrogens is 268 g/mol. The summed E-state index contributed by atoms with van der Waals surface area (Å²) in [5.74, 6) is 0.178. The maximum absolute atomic E-state index is 11.6. The zero-order chi connectivity index (χ0) is 14.8. The Bertz CT molecular complexity index is 657. The van der Waals surface area contributed by atoms with Gasteiger partial charge in [-0.2, -0.15) is 0 Å². The second-order valence-electron chi connectivity index (χ2n) is 5.38. The predicted octanol–water partition coefficient (Wildman–Crippen LogP) is 2.73. The Morgan fingerprint density at radius 2 is 2.14 bits per heavy atom. The van der Waals surface area contributed by atoms with Crippen LogP contribution in [0.4, 0.5) is 0 Å². The van der Waals surface area contributed by atoms with Crippen molar-refractivity contribution in [3.8, 4) is 5.75 Å². The number of carbonyl (C=O) groups is 1. The number of nitrogens with one attached hydrogen (secondary N) is 2. The third kappa shape index (κ3) is 2.61. The molecule has 3 N–H and O–H groups in total. The minimum Gasteiger partial charge on any atom is -0.494 e. The second-order valence-corrected chi connectivity index (χ2v) is 5.38. The molecule has 0 aliphatic carbocycles. The van der Waals surface area contributed by atoms with E-state index in [1.54, 1.807) is 0 Å². The number of aromatic amines is 1. The van der Waals surface area contributed by atoms with Crippen LogP contribution in [0.3, 0.4) is 0 Å². The first-order chi connectivity index (χ1) is 10.2. The van der Waals surface area contributed by atoms with E-state index >= 15 is 0 Å². The summed E-state index contributed by atoms with van der Waals surface area (Å²) in [7, 11) is 0. The van der Waals surface area contributed by atoms with Crippen LogP contribution >= 0.6 is 0 Å². The van der Waals surface area contributed by atoms with Gasteiger partial charge in [-0.05, 0) is 62.5 Å². The number of ether oxygens (including phenoxy) is 1. The van der Waals surface area contributed by atoms with Crippen LogP contribution in [0.5, 0.6) is 5.75 Å². The molecule has 0 unspecified atom stereocenters. The van der Waals surface area contributed by atoms with Gasteiger partial charge in [0.1, 0.15) is 11.4 Å². The third-order valence-corrected chi connectivity index (χ3v) is 4.08. The van der Waals surface area contributed by atoms with E-state index in [1.165, 1.54) is 0 Å². The normalized spacial score (nSPS) is 16.2. The maximum atomic E-state index is 11.6. The molecule has 0 spiro atoms. The quantitative estimate of drug-likeness (QED) is 0.808. The van der Waals surface area contributed by atoms with E-state index in [4.69, 9.17) is 4.74 Å². The van der Waals surface area contributed by atoms with E-state index in [0.717, 1.165) is 48.1 Å². The van der Waals surface area contributed by atoms with Gasteiger partial charge in [0.05, 0.1) is 6.61 Å². The zero-order valence-corrected chi connectivity index (χ0v) is 12.1. The lowest BCUT2D eigenvalue weighted by molar-refractivity contribution is 0.0689. The number of aromatic nitrogens is 1. The summed E-state index contributed by atoms with van der Waals surface area (Å²) in [6, 6.07) is 5.73. The molecular formula is C16H20N2O3. The van der Waals surface area contributed by atoms with Gasteiger partial charge < -0.3 is 20.1 Å². The van der Waals surface area contributed by atoms with Crippen molar-refractivity contribution in [2.24, 2.45) is 0 Å². The summed E-state index contributed by atoms with van der Waals surface area (Å²) in [5.41, 5.74) is 2.12. The lowest BCUT2D eigenvalue weighted by Crippen LogP contribution is -2.27. The first-order valence-electron chi connectivity index (χ1n) is 7.43. The molecule has 1 aliphatic rings. The first-order valence-corrected chi connectivity index (χ1v) is 7.43. The van der Waals surface area contributed by atoms with Gasteiger partial charge in [0.25, 0.3) is 0 Å². The molecule has 3 rings (SSSR count). The van der Waals surface area contributed by atoms with Crippen molar-refractivity contribution in [3.05, 3.63) is 29.5 Å². The Morgan fingerprint density at radius 3 is 2.81 bits per heavy atom. The van der Waals surface area contributed by atoms with E-state index in [9.17, 15) is 9.90 Å². The number of H-pyrrole nitrogens is 1. The summed E-state index contributed by atoms with van der Waals surface area (Å²) < 4.78 is 5.55. The topological polar surface area (TPSA) is 74.4 Å². The molecule has 1 aromatic heterocycles. The molecule has 0 bridgehead atoms. The molecule has 1 aromatic carbocycles. The minimum atomic E-state index is -0.891. The lowest BCUT2D eigenvalue weighted by Gasteiger charge is -2.23. The molecule has 21 heavy (non-hydrogen) atoms. The number of carboxylic acids is 1. The highest BCUT2D eigenvalue weighted by Crippen LogP contribution is 2.36. The zero-order valence-electron chi connectivity index (χ0n) is 12.1. The Morgan fingerprint density at radius 1 is 1.38 bits per heavy atom. The molecule has 0 atom stereocenters. The second kappa shape index (κ2) is 5.77. The van der Waals surface area contributed by atoms with Crippen LogP contribution in [0.15, 0.2) is 18.2 Å². The van der Waals surface area contributed by atoms with E-state index in [0.29, 0.717) is 12.3 Å². The minimum absolute atomic E-state index is 0.281. The number of piperidine rings is 1. The molecule has 1 fully saturated rings. The molecule has 1 saturated heterocycles. The number of aromatic carboxylic acids is 1. The average molecular weight is 288 g/mol. The smallest absolute Gasteiger partial charge is 0.352 e. The van der Waals surface area contributed by atoms with Crippen LogP contribution in [0.25, 0.3) is 10.9 Å². The Kier molecular flexibility index (Phi) is 3.84. The SMILES string of the molecule is CCOc1ccc2[nH]c(C(=O)O)c(C3CCNCC3)c2c1. The number of hydrogen-bond acceptors (Lipinski definition) is 3.